The zero-order valence-electron chi connectivity index (χ0n) is 10.3. The molecule has 0 aliphatic heterocycles. The Morgan fingerprint density at radius 2 is 1.85 bits per heavy atom. The van der Waals surface area contributed by atoms with Gasteiger partial charge in [0.15, 0.2) is 11.6 Å². The number of benzene rings is 1. The van der Waals surface area contributed by atoms with Gasteiger partial charge in [-0.3, -0.25) is 0 Å². The van der Waals surface area contributed by atoms with E-state index in [0.717, 1.165) is 6.07 Å². The molecular weight excluding hydrogens is 281 g/mol. The molecule has 0 fully saturated rings. The van der Waals surface area contributed by atoms with Gasteiger partial charge in [-0.05, 0) is 25.0 Å². The number of anilines is 1. The molecule has 1 aromatic carbocycles. The minimum absolute atomic E-state index is 0.0449. The van der Waals surface area contributed by atoms with Gasteiger partial charge in [0.05, 0.1) is 5.52 Å². The van der Waals surface area contributed by atoms with Gasteiger partial charge in [-0.1, -0.05) is 0 Å². The van der Waals surface area contributed by atoms with Crippen molar-refractivity contribution in [3.8, 4) is 0 Å². The molecule has 0 unspecified atom stereocenters. The van der Waals surface area contributed by atoms with Gasteiger partial charge in [-0.15, -0.1) is 0 Å². The number of aromatic nitrogens is 2. The molecule has 0 bridgehead atoms. The summed E-state index contributed by atoms with van der Waals surface area (Å²) < 4.78 is 64.1. The molecular formula is C12H12F5N3. The van der Waals surface area contributed by atoms with E-state index in [1.165, 1.54) is 10.6 Å². The summed E-state index contributed by atoms with van der Waals surface area (Å²) in [6, 6.07) is 2.20. The van der Waals surface area contributed by atoms with Crippen LogP contribution in [0.5, 0.6) is 0 Å². The first-order valence-electron chi connectivity index (χ1n) is 5.96. The monoisotopic (exact) mass is 293 g/mol. The molecule has 2 aromatic rings. The Labute approximate surface area is 111 Å². The normalized spacial score (nSPS) is 12.2. The van der Waals surface area contributed by atoms with Crippen molar-refractivity contribution < 1.29 is 22.0 Å². The van der Waals surface area contributed by atoms with Gasteiger partial charge < -0.3 is 10.3 Å². The first-order chi connectivity index (χ1) is 9.29. The molecule has 0 aliphatic rings. The van der Waals surface area contributed by atoms with Gasteiger partial charge in [0.1, 0.15) is 5.52 Å². The number of nitrogens with zero attached hydrogens (tertiary/aromatic N) is 2. The van der Waals surface area contributed by atoms with E-state index in [4.69, 9.17) is 5.73 Å². The third kappa shape index (κ3) is 3.00. The SMILES string of the molecule is Nc1nc2ccc(F)c(F)c2n1CCCCC(F)(F)F. The van der Waals surface area contributed by atoms with Crippen LogP contribution in [0.15, 0.2) is 12.1 Å². The molecule has 1 heterocycles. The fourth-order valence-corrected chi connectivity index (χ4v) is 2.00. The lowest BCUT2D eigenvalue weighted by molar-refractivity contribution is -0.135. The first-order valence-corrected chi connectivity index (χ1v) is 5.96. The lowest BCUT2D eigenvalue weighted by atomic mass is 10.2. The largest absolute Gasteiger partial charge is 0.389 e. The van der Waals surface area contributed by atoms with Crippen LogP contribution in [-0.4, -0.2) is 15.7 Å². The van der Waals surface area contributed by atoms with Crippen LogP contribution in [-0.2, 0) is 6.54 Å². The molecule has 2 N–H and O–H groups in total. The highest BCUT2D eigenvalue weighted by atomic mass is 19.4. The number of halogens is 5. The topological polar surface area (TPSA) is 43.8 Å². The van der Waals surface area contributed by atoms with Crippen LogP contribution in [0.2, 0.25) is 0 Å². The van der Waals surface area contributed by atoms with E-state index in [1.54, 1.807) is 0 Å². The Hall–Kier alpha value is -1.86. The molecule has 8 heteroatoms. The summed E-state index contributed by atoms with van der Waals surface area (Å²) in [7, 11) is 0. The molecule has 0 saturated carbocycles. The number of nitrogen functional groups attached to an aromatic ring is 1. The molecule has 1 aromatic heterocycles. The Kier molecular flexibility index (Phi) is 3.82. The molecule has 3 nitrogen and oxygen atoms in total. The highest BCUT2D eigenvalue weighted by Gasteiger charge is 2.26. The van der Waals surface area contributed by atoms with Gasteiger partial charge in [0.25, 0.3) is 0 Å². The first kappa shape index (κ1) is 14.5. The molecule has 0 radical (unpaired) electrons. The lowest BCUT2D eigenvalue weighted by Gasteiger charge is -2.08. The zero-order chi connectivity index (χ0) is 14.9. The van der Waals surface area contributed by atoms with Gasteiger partial charge in [0.2, 0.25) is 5.95 Å². The number of aryl methyl sites for hydroxylation is 1. The molecule has 20 heavy (non-hydrogen) atoms. The smallest absolute Gasteiger partial charge is 0.369 e. The second kappa shape index (κ2) is 5.26. The standard InChI is InChI=1S/C12H12F5N3/c13-7-3-4-8-10(9(7)14)20(11(18)19-8)6-2-1-5-12(15,16)17/h3-4H,1-2,5-6H2,(H2,18,19). The Morgan fingerprint density at radius 3 is 2.50 bits per heavy atom. The quantitative estimate of drug-likeness (QED) is 0.691. The average molecular weight is 293 g/mol. The number of rotatable bonds is 4. The van der Waals surface area contributed by atoms with Gasteiger partial charge in [-0.25, -0.2) is 13.8 Å². The van der Waals surface area contributed by atoms with E-state index in [2.05, 4.69) is 4.98 Å². The van der Waals surface area contributed by atoms with Gasteiger partial charge in [-0.2, -0.15) is 13.2 Å². The van der Waals surface area contributed by atoms with E-state index in [0.29, 0.717) is 0 Å². The Bertz CT molecular complexity index is 618. The van der Waals surface area contributed by atoms with E-state index in [1.807, 2.05) is 0 Å². The van der Waals surface area contributed by atoms with Crippen LogP contribution in [0.25, 0.3) is 11.0 Å². The summed E-state index contributed by atoms with van der Waals surface area (Å²) in [6.07, 6.45) is -5.11. The van der Waals surface area contributed by atoms with E-state index in [-0.39, 0.29) is 36.4 Å². The second-order valence-corrected chi connectivity index (χ2v) is 4.42. The number of unbranched alkanes of at least 4 members (excludes halogenated alkanes) is 1. The summed E-state index contributed by atoms with van der Waals surface area (Å²) in [5, 5.41) is 0. The van der Waals surface area contributed by atoms with Crippen LogP contribution >= 0.6 is 0 Å². The molecule has 0 spiro atoms. The van der Waals surface area contributed by atoms with Gasteiger partial charge in [0, 0.05) is 13.0 Å². The number of nitrogens with two attached hydrogens (primary N) is 1. The number of imidazole rings is 1. The minimum Gasteiger partial charge on any atom is -0.369 e. The summed E-state index contributed by atoms with van der Waals surface area (Å²) in [4.78, 5) is 3.85. The van der Waals surface area contributed by atoms with Crippen molar-refractivity contribution in [2.45, 2.75) is 32.0 Å². The number of hydrogen-bond acceptors (Lipinski definition) is 2. The highest BCUT2D eigenvalue weighted by molar-refractivity contribution is 5.79. The number of fused-ring (bicyclic) bond motifs is 1. The summed E-state index contributed by atoms with van der Waals surface area (Å²) in [6.45, 7) is 0.0544. The van der Waals surface area contributed by atoms with Crippen molar-refractivity contribution in [3.63, 3.8) is 0 Å². The molecule has 0 amide bonds. The maximum Gasteiger partial charge on any atom is 0.389 e. The second-order valence-electron chi connectivity index (χ2n) is 4.42. The van der Waals surface area contributed by atoms with Crippen LogP contribution in [0.4, 0.5) is 27.9 Å². The fourth-order valence-electron chi connectivity index (χ4n) is 2.00. The van der Waals surface area contributed by atoms with E-state index < -0.39 is 24.2 Å². The summed E-state index contributed by atoms with van der Waals surface area (Å²) in [5.74, 6) is -2.19. The predicted octanol–water partition coefficient (Wildman–Crippen LogP) is 3.63. The maximum absolute atomic E-state index is 13.7. The van der Waals surface area contributed by atoms with Crippen molar-refractivity contribution in [3.05, 3.63) is 23.8 Å². The summed E-state index contributed by atoms with van der Waals surface area (Å²) in [5.41, 5.74) is 5.64. The van der Waals surface area contributed by atoms with E-state index >= 15 is 0 Å². The molecule has 0 aliphatic carbocycles. The molecule has 110 valence electrons. The van der Waals surface area contributed by atoms with Crippen molar-refractivity contribution in [2.75, 3.05) is 5.73 Å². The molecule has 0 saturated heterocycles. The maximum atomic E-state index is 13.7. The van der Waals surface area contributed by atoms with Crippen molar-refractivity contribution in [1.29, 1.82) is 0 Å². The zero-order valence-corrected chi connectivity index (χ0v) is 10.3. The summed E-state index contributed by atoms with van der Waals surface area (Å²) >= 11 is 0. The van der Waals surface area contributed by atoms with Crippen LogP contribution in [0.1, 0.15) is 19.3 Å². The van der Waals surface area contributed by atoms with Crippen molar-refractivity contribution >= 4 is 17.0 Å². The average Bonchev–Trinajstić information content (AvgIpc) is 2.66. The Morgan fingerprint density at radius 1 is 1.15 bits per heavy atom. The van der Waals surface area contributed by atoms with Gasteiger partial charge >= 0.3 is 6.18 Å². The van der Waals surface area contributed by atoms with Crippen molar-refractivity contribution in [2.24, 2.45) is 0 Å². The third-order valence-corrected chi connectivity index (χ3v) is 2.92. The van der Waals surface area contributed by atoms with Crippen LogP contribution < -0.4 is 5.73 Å². The van der Waals surface area contributed by atoms with Crippen LogP contribution in [0.3, 0.4) is 0 Å². The minimum atomic E-state index is -4.22. The van der Waals surface area contributed by atoms with Crippen LogP contribution in [0, 0.1) is 11.6 Å². The molecule has 0 atom stereocenters. The fraction of sp³-hybridized carbons (Fsp3) is 0.417. The number of alkyl halides is 3. The highest BCUT2D eigenvalue weighted by Crippen LogP contribution is 2.25. The Balaban J connectivity index is 2.17. The van der Waals surface area contributed by atoms with Crippen molar-refractivity contribution in [1.82, 2.24) is 9.55 Å². The molecule has 2 rings (SSSR count). The lowest BCUT2D eigenvalue weighted by Crippen LogP contribution is -2.09. The third-order valence-electron chi connectivity index (χ3n) is 2.92. The van der Waals surface area contributed by atoms with E-state index in [9.17, 15) is 22.0 Å². The predicted molar refractivity (Wildman–Crippen MR) is 64.0 cm³/mol. The number of hydrogen-bond donors (Lipinski definition) is 1.